The van der Waals surface area contributed by atoms with Crippen LogP contribution < -0.4 is 21.0 Å². The Labute approximate surface area is 216 Å². The van der Waals surface area contributed by atoms with E-state index in [1.165, 1.54) is 13.0 Å². The van der Waals surface area contributed by atoms with Crippen molar-refractivity contribution < 1.29 is 32.8 Å². The molecule has 36 heavy (non-hydrogen) atoms. The number of nitrogen functional groups attached to an aromatic ring is 1. The SMILES string of the molecule is CC(C)OC(=O)[C@@H](C)N[P@](=S)(OC[C@H]1O[C@@H](n2ccc(N)nc2=O)[C@](F)(Cl)[C@@H]1O)Oc1ccccc1. The van der Waals surface area contributed by atoms with Crippen LogP contribution in [0.3, 0.4) is 0 Å². The number of nitrogens with zero attached hydrogens (tertiary/aromatic N) is 2. The van der Waals surface area contributed by atoms with Crippen LogP contribution in [0.4, 0.5) is 10.2 Å². The summed E-state index contributed by atoms with van der Waals surface area (Å²) in [5.41, 5.74) is 4.55. The second-order valence-corrected chi connectivity index (χ2v) is 11.9. The largest absolute Gasteiger partial charge is 0.462 e. The lowest BCUT2D eigenvalue weighted by Gasteiger charge is -2.28. The second kappa shape index (κ2) is 11.5. The van der Waals surface area contributed by atoms with Crippen molar-refractivity contribution in [2.75, 3.05) is 12.3 Å². The molecule has 2 aromatic rings. The summed E-state index contributed by atoms with van der Waals surface area (Å²) in [5.74, 6) is -0.320. The molecule has 1 fully saturated rings. The van der Waals surface area contributed by atoms with Crippen LogP contribution in [0.15, 0.2) is 47.4 Å². The third-order valence-corrected chi connectivity index (χ3v) is 7.83. The van der Waals surface area contributed by atoms with Crippen LogP contribution in [0, 0.1) is 0 Å². The van der Waals surface area contributed by atoms with Crippen molar-refractivity contribution in [1.29, 1.82) is 0 Å². The van der Waals surface area contributed by atoms with Gasteiger partial charge in [0.1, 0.15) is 29.8 Å². The Morgan fingerprint density at radius 2 is 2.06 bits per heavy atom. The minimum absolute atomic E-state index is 0.0800. The molecule has 0 amide bonds. The number of nitrogens with two attached hydrogens (primary N) is 1. The number of hydrogen-bond donors (Lipinski definition) is 3. The Morgan fingerprint density at radius 3 is 2.67 bits per heavy atom. The standard InChI is InChI=1S/C21H27ClFN4O7PS/c1-12(2)32-18(29)13(3)26-35(36,34-14-7-5-4-6-8-14)31-11-15-17(28)21(22,23)19(33-15)27-10-9-16(24)25-20(27)30/h4-10,12-13,15,17,19,28H,11H2,1-3H3,(H,26,36)(H2,24,25,30)/t13-,15-,17-,19-,21+,35+/m1/s1. The molecule has 15 heteroatoms. The fraction of sp³-hybridized carbons (Fsp3) is 0.476. The van der Waals surface area contributed by atoms with Gasteiger partial charge >= 0.3 is 18.3 Å². The highest BCUT2D eigenvalue weighted by molar-refractivity contribution is 8.09. The van der Waals surface area contributed by atoms with E-state index in [9.17, 15) is 14.7 Å². The number of para-hydroxylation sites is 1. The van der Waals surface area contributed by atoms with Gasteiger partial charge in [0.25, 0.3) is 5.13 Å². The minimum atomic E-state index is -3.49. The van der Waals surface area contributed by atoms with Crippen molar-refractivity contribution in [1.82, 2.24) is 14.6 Å². The molecule has 4 N–H and O–H groups in total. The van der Waals surface area contributed by atoms with Crippen molar-refractivity contribution in [2.24, 2.45) is 0 Å². The molecular weight excluding hydrogens is 538 g/mol. The van der Waals surface area contributed by atoms with Crippen LogP contribution in [0.2, 0.25) is 0 Å². The minimum Gasteiger partial charge on any atom is -0.462 e. The Kier molecular flexibility index (Phi) is 9.10. The number of nitrogens with one attached hydrogen (secondary N) is 1. The van der Waals surface area contributed by atoms with Crippen LogP contribution in [0.25, 0.3) is 0 Å². The molecule has 6 atom stereocenters. The number of ether oxygens (including phenoxy) is 2. The van der Waals surface area contributed by atoms with Crippen LogP contribution in [-0.4, -0.2) is 56.7 Å². The molecule has 0 bridgehead atoms. The molecule has 1 aliphatic rings. The van der Waals surface area contributed by atoms with Crippen LogP contribution >= 0.6 is 18.2 Å². The number of halogens is 2. The maximum Gasteiger partial charge on any atom is 0.351 e. The van der Waals surface area contributed by atoms with E-state index in [0.29, 0.717) is 5.75 Å². The second-order valence-electron chi connectivity index (χ2n) is 8.22. The first kappa shape index (κ1) is 28.5. The molecule has 11 nitrogen and oxygen atoms in total. The summed E-state index contributed by atoms with van der Waals surface area (Å²) >= 11 is 11.5. The predicted molar refractivity (Wildman–Crippen MR) is 134 cm³/mol. The summed E-state index contributed by atoms with van der Waals surface area (Å²) in [6.07, 6.45) is -4.22. The number of aromatic nitrogens is 2. The van der Waals surface area contributed by atoms with Gasteiger partial charge in [0.2, 0.25) is 0 Å². The lowest BCUT2D eigenvalue weighted by atomic mass is 10.1. The third-order valence-electron chi connectivity index (χ3n) is 4.92. The zero-order chi connectivity index (χ0) is 26.7. The Hall–Kier alpha value is -2.12. The van der Waals surface area contributed by atoms with Gasteiger partial charge in [0, 0.05) is 6.20 Å². The molecule has 198 valence electrons. The van der Waals surface area contributed by atoms with Crippen molar-refractivity contribution >= 4 is 41.8 Å². The van der Waals surface area contributed by atoms with Gasteiger partial charge in [-0.15, -0.1) is 0 Å². The summed E-state index contributed by atoms with van der Waals surface area (Å²) in [7, 11) is 0. The van der Waals surface area contributed by atoms with Gasteiger partial charge in [-0.2, -0.15) is 4.98 Å². The lowest BCUT2D eigenvalue weighted by molar-refractivity contribution is -0.149. The van der Waals surface area contributed by atoms with Gasteiger partial charge in [0.05, 0.1) is 12.7 Å². The highest BCUT2D eigenvalue weighted by atomic mass is 35.5. The quantitative estimate of drug-likeness (QED) is 0.222. The molecule has 0 radical (unpaired) electrons. The fourth-order valence-corrected chi connectivity index (χ4v) is 5.93. The Bertz CT molecular complexity index is 1170. The van der Waals surface area contributed by atoms with E-state index in [0.717, 1.165) is 10.8 Å². The molecule has 1 aliphatic heterocycles. The van der Waals surface area contributed by atoms with Gasteiger partial charge < -0.3 is 29.4 Å². The van der Waals surface area contributed by atoms with Crippen LogP contribution in [0.5, 0.6) is 5.75 Å². The molecule has 0 spiro atoms. The fourth-order valence-electron chi connectivity index (χ4n) is 3.22. The van der Waals surface area contributed by atoms with E-state index in [2.05, 4.69) is 10.1 Å². The highest BCUT2D eigenvalue weighted by Crippen LogP contribution is 2.48. The number of alkyl halides is 2. The molecule has 2 heterocycles. The molecule has 1 aromatic carbocycles. The molecule has 0 aliphatic carbocycles. The Balaban J connectivity index is 1.79. The smallest absolute Gasteiger partial charge is 0.351 e. The molecule has 0 saturated carbocycles. The van der Waals surface area contributed by atoms with Crippen LogP contribution in [0.1, 0.15) is 27.0 Å². The van der Waals surface area contributed by atoms with Gasteiger partial charge in [0.15, 0.2) is 6.23 Å². The first-order chi connectivity index (χ1) is 16.8. The van der Waals surface area contributed by atoms with Gasteiger partial charge in [-0.1, -0.05) is 29.8 Å². The molecule has 3 rings (SSSR count). The molecular formula is C21H27ClFN4O7PS. The monoisotopic (exact) mass is 564 g/mol. The van der Waals surface area contributed by atoms with Gasteiger partial charge in [-0.25, -0.2) is 14.3 Å². The number of rotatable bonds is 10. The molecule has 1 aromatic heterocycles. The molecule has 1 saturated heterocycles. The summed E-state index contributed by atoms with van der Waals surface area (Å²) in [4.78, 5) is 28.0. The van der Waals surface area contributed by atoms with E-state index in [1.807, 2.05) is 0 Å². The predicted octanol–water partition coefficient (Wildman–Crippen LogP) is 2.24. The van der Waals surface area contributed by atoms with E-state index in [1.54, 1.807) is 44.2 Å². The van der Waals surface area contributed by atoms with E-state index < -0.39 is 54.5 Å². The first-order valence-electron chi connectivity index (χ1n) is 10.9. The summed E-state index contributed by atoms with van der Waals surface area (Å²) in [6, 6.07) is 8.79. The van der Waals surface area contributed by atoms with Crippen molar-refractivity contribution in [2.45, 2.75) is 56.5 Å². The number of benzene rings is 1. The average Bonchev–Trinajstić information content (AvgIpc) is 3.01. The number of carbonyl (C=O) groups excluding carboxylic acids is 1. The summed E-state index contributed by atoms with van der Waals surface area (Å²) in [6.45, 7) is 0.933. The summed E-state index contributed by atoms with van der Waals surface area (Å²) in [5, 5.41) is 10.4. The Morgan fingerprint density at radius 1 is 1.39 bits per heavy atom. The average molecular weight is 565 g/mol. The number of esters is 1. The van der Waals surface area contributed by atoms with Crippen LogP contribution in [-0.2, 0) is 30.6 Å². The summed E-state index contributed by atoms with van der Waals surface area (Å²) < 4.78 is 38.4. The van der Waals surface area contributed by atoms with Crippen molar-refractivity contribution in [3.63, 3.8) is 0 Å². The first-order valence-corrected chi connectivity index (χ1v) is 13.9. The van der Waals surface area contributed by atoms with E-state index in [4.69, 9.17) is 47.7 Å². The van der Waals surface area contributed by atoms with E-state index >= 15 is 4.39 Å². The zero-order valence-corrected chi connectivity index (χ0v) is 22.1. The number of aliphatic hydroxyl groups is 1. The number of hydrogen-bond acceptors (Lipinski definition) is 10. The number of anilines is 1. The van der Waals surface area contributed by atoms with E-state index in [-0.39, 0.29) is 11.9 Å². The maximum atomic E-state index is 15.3. The lowest BCUT2D eigenvalue weighted by Crippen LogP contribution is -2.41. The topological polar surface area (TPSA) is 147 Å². The number of carbonyl (C=O) groups is 1. The maximum absolute atomic E-state index is 15.3. The van der Waals surface area contributed by atoms with Crippen molar-refractivity contribution in [3.05, 3.63) is 53.1 Å². The zero-order valence-electron chi connectivity index (χ0n) is 19.6. The third kappa shape index (κ3) is 6.80. The normalized spacial score (nSPS) is 26.4. The van der Waals surface area contributed by atoms with Gasteiger partial charge in [-0.3, -0.25) is 9.36 Å². The molecule has 0 unspecified atom stereocenters. The van der Waals surface area contributed by atoms with Gasteiger partial charge in [-0.05, 0) is 50.8 Å². The number of aliphatic hydroxyl groups excluding tert-OH is 1. The van der Waals surface area contributed by atoms with Crippen molar-refractivity contribution in [3.8, 4) is 5.75 Å². The highest BCUT2D eigenvalue weighted by Gasteiger charge is 2.58.